The average molecular weight is 1090 g/mol. The third kappa shape index (κ3) is 12.3. The Morgan fingerprint density at radius 3 is 1.73 bits per heavy atom. The van der Waals surface area contributed by atoms with Crippen molar-refractivity contribution in [2.75, 3.05) is 96.1 Å². The van der Waals surface area contributed by atoms with Gasteiger partial charge in [0.25, 0.3) is 0 Å². The molecule has 5 heterocycles. The van der Waals surface area contributed by atoms with Gasteiger partial charge in [-0.3, -0.25) is 23.7 Å². The minimum absolute atomic E-state index is 0.0571. The largest absolute Gasteiger partial charge is 0.494 e. The van der Waals surface area contributed by atoms with Crippen LogP contribution in [0.1, 0.15) is 41.0 Å². The number of anilines is 2. The Labute approximate surface area is 466 Å². The van der Waals surface area contributed by atoms with Crippen molar-refractivity contribution in [2.24, 2.45) is 0 Å². The van der Waals surface area contributed by atoms with E-state index in [9.17, 15) is 19.2 Å². The highest BCUT2D eigenvalue weighted by atomic mass is 16.7. The van der Waals surface area contributed by atoms with Crippen LogP contribution in [-0.2, 0) is 54.1 Å². The van der Waals surface area contributed by atoms with Crippen LogP contribution in [-0.4, -0.2) is 165 Å². The number of aryl methyl sites for hydroxylation is 1. The molecule has 0 spiro atoms. The highest BCUT2D eigenvalue weighted by molar-refractivity contribution is 6.09. The maximum absolute atomic E-state index is 12.4. The zero-order valence-electron chi connectivity index (χ0n) is 46.7. The first kappa shape index (κ1) is 55.5. The lowest BCUT2D eigenvalue weighted by Gasteiger charge is -2.44. The second kappa shape index (κ2) is 24.7. The van der Waals surface area contributed by atoms with E-state index in [0.29, 0.717) is 12.2 Å². The number of likely N-dealkylation sites (N-methyl/N-ethyl adjacent to an activating group) is 2. The van der Waals surface area contributed by atoms with Crippen molar-refractivity contribution in [3.63, 3.8) is 0 Å². The molecular weight excluding hydrogens is 1020 g/mol. The van der Waals surface area contributed by atoms with Gasteiger partial charge in [-0.2, -0.15) is 0 Å². The molecule has 0 aliphatic carbocycles. The molecule has 5 aromatic carbocycles. The van der Waals surface area contributed by atoms with Gasteiger partial charge in [-0.1, -0.05) is 42.5 Å². The molecule has 3 aliphatic heterocycles. The van der Waals surface area contributed by atoms with Crippen LogP contribution in [0, 0.1) is 0 Å². The topological polar surface area (TPSA) is 169 Å². The normalized spacial score (nSPS) is 20.0. The Bertz CT molecular complexity index is 3310. The Morgan fingerprint density at radius 1 is 0.575 bits per heavy atom. The molecule has 18 heteroatoms. The van der Waals surface area contributed by atoms with Gasteiger partial charge in [0, 0.05) is 149 Å². The zero-order chi connectivity index (χ0) is 56.0. The molecule has 2 aromatic heterocycles. The molecule has 0 saturated carbocycles. The molecule has 3 fully saturated rings. The summed E-state index contributed by atoms with van der Waals surface area (Å²) in [7, 11) is 4.35. The van der Waals surface area contributed by atoms with Crippen molar-refractivity contribution in [2.45, 2.75) is 78.3 Å². The van der Waals surface area contributed by atoms with E-state index in [1.807, 2.05) is 12.1 Å². The quantitative estimate of drug-likeness (QED) is 0.0456. The van der Waals surface area contributed by atoms with E-state index in [4.69, 9.17) is 38.1 Å². The van der Waals surface area contributed by atoms with Gasteiger partial charge in [0.2, 0.25) is 0 Å². The molecule has 420 valence electrons. The first-order valence-corrected chi connectivity index (χ1v) is 27.6. The van der Waals surface area contributed by atoms with Crippen molar-refractivity contribution >= 4 is 57.1 Å². The number of nitrogens with zero attached hydrogens (tertiary/aromatic N) is 7. The van der Waals surface area contributed by atoms with Crippen molar-refractivity contribution in [1.29, 1.82) is 0 Å². The molecule has 5 atom stereocenters. The van der Waals surface area contributed by atoms with E-state index < -0.39 is 54.6 Å². The molecule has 0 bridgehead atoms. The molecule has 3 saturated heterocycles. The molecular formula is C62H71N7O11. The summed E-state index contributed by atoms with van der Waals surface area (Å²) in [5.74, 6) is -1.34. The highest BCUT2D eigenvalue weighted by Crippen LogP contribution is 2.42. The Hall–Kier alpha value is -7.77. The first-order chi connectivity index (χ1) is 38.7. The maximum Gasteiger partial charge on any atom is 0.303 e. The Balaban J connectivity index is 0.971. The predicted octanol–water partition coefficient (Wildman–Crippen LogP) is 8.37. The van der Waals surface area contributed by atoms with E-state index in [0.717, 1.165) is 104 Å². The number of hydrogen-bond acceptors (Lipinski definition) is 16. The molecule has 10 rings (SSSR count). The van der Waals surface area contributed by atoms with Gasteiger partial charge in [-0.25, -0.2) is 4.98 Å². The van der Waals surface area contributed by atoms with E-state index in [1.165, 1.54) is 55.5 Å². The van der Waals surface area contributed by atoms with Crippen LogP contribution in [0.5, 0.6) is 5.75 Å². The standard InChI is InChI=1S/C62H71N7O11/c1-8-68-53-13-10-9-12-51(53)52-38-46(18-27-54(52)68)61-63-56(44-14-19-47(20-15-44)66-32-28-64(6)29-33-66)57(45-16-21-48(22-17-45)67-34-30-65(7)31-35-67)69(61)49-23-25-50(26-24-49)74-36-11-37-75-62-60(79-43(5)73)59(78-42(4)72)58(77-41(3)71)55(80-62)39-76-40(2)70/h9-10,12-27,38,55,58-60,62H,8,11,28-37,39H2,1-7H3/t55-,58+,59+,60-,62-/m1/s1. The van der Waals surface area contributed by atoms with Crippen molar-refractivity contribution in [3.8, 4) is 45.3 Å². The number of esters is 4. The van der Waals surface area contributed by atoms with Crippen LogP contribution in [0.4, 0.5) is 11.4 Å². The number of hydrogen-bond donors (Lipinski definition) is 0. The second-order valence-corrected chi connectivity index (χ2v) is 20.8. The minimum Gasteiger partial charge on any atom is -0.494 e. The molecule has 7 aromatic rings. The van der Waals surface area contributed by atoms with Crippen molar-refractivity contribution in [1.82, 2.24) is 23.9 Å². The summed E-state index contributed by atoms with van der Waals surface area (Å²) in [5.41, 5.74) is 10.5. The van der Waals surface area contributed by atoms with Gasteiger partial charge in [-0.05, 0) is 93.8 Å². The second-order valence-electron chi connectivity index (χ2n) is 20.8. The zero-order valence-corrected chi connectivity index (χ0v) is 46.7. The number of ether oxygens (including phenoxy) is 7. The summed E-state index contributed by atoms with van der Waals surface area (Å²) in [6.45, 7) is 15.6. The molecule has 18 nitrogen and oxygen atoms in total. The lowest BCUT2D eigenvalue weighted by atomic mass is 9.98. The molecule has 0 amide bonds. The van der Waals surface area contributed by atoms with Gasteiger partial charge < -0.3 is 57.3 Å². The maximum atomic E-state index is 12.4. The summed E-state index contributed by atoms with van der Waals surface area (Å²) in [6, 6.07) is 41.1. The van der Waals surface area contributed by atoms with Crippen molar-refractivity contribution in [3.05, 3.63) is 115 Å². The predicted molar refractivity (Wildman–Crippen MR) is 306 cm³/mol. The van der Waals surface area contributed by atoms with E-state index in [2.05, 4.69) is 153 Å². The van der Waals surface area contributed by atoms with Crippen LogP contribution in [0.3, 0.4) is 0 Å². The molecule has 80 heavy (non-hydrogen) atoms. The number of aromatic nitrogens is 3. The molecule has 0 N–H and O–H groups in total. The molecule has 0 radical (unpaired) electrons. The van der Waals surface area contributed by atoms with Gasteiger partial charge in [-0.15, -0.1) is 0 Å². The number of fused-ring (bicyclic) bond motifs is 3. The molecule has 0 unspecified atom stereocenters. The number of carbonyl (C=O) groups is 4. The van der Waals surface area contributed by atoms with Crippen LogP contribution in [0.2, 0.25) is 0 Å². The summed E-state index contributed by atoms with van der Waals surface area (Å²) in [5, 5.41) is 2.35. The minimum atomic E-state index is -1.33. The van der Waals surface area contributed by atoms with E-state index in [1.54, 1.807) is 0 Å². The van der Waals surface area contributed by atoms with E-state index in [-0.39, 0.29) is 19.8 Å². The fourth-order valence-corrected chi connectivity index (χ4v) is 11.1. The monoisotopic (exact) mass is 1090 g/mol. The fraction of sp³-hybridized carbons (Fsp3) is 0.403. The number of imidazole rings is 1. The lowest BCUT2D eigenvalue weighted by molar-refractivity contribution is -0.308. The van der Waals surface area contributed by atoms with Crippen LogP contribution < -0.4 is 14.5 Å². The summed E-state index contributed by atoms with van der Waals surface area (Å²) >= 11 is 0. The van der Waals surface area contributed by atoms with Gasteiger partial charge >= 0.3 is 23.9 Å². The summed E-state index contributed by atoms with van der Waals surface area (Å²) in [6.07, 6.45) is -5.98. The molecule has 3 aliphatic rings. The van der Waals surface area contributed by atoms with Crippen LogP contribution in [0.25, 0.3) is 61.4 Å². The Kier molecular flexibility index (Phi) is 17.2. The number of carbonyl (C=O) groups excluding carboxylic acids is 4. The average Bonchev–Trinajstić information content (AvgIpc) is 3.97. The third-order valence-corrected chi connectivity index (χ3v) is 15.1. The van der Waals surface area contributed by atoms with Crippen LogP contribution in [0.15, 0.2) is 115 Å². The number of rotatable bonds is 18. The number of para-hydroxylation sites is 1. The van der Waals surface area contributed by atoms with Gasteiger partial charge in [0.1, 0.15) is 24.3 Å². The number of piperazine rings is 2. The highest BCUT2D eigenvalue weighted by Gasteiger charge is 2.52. The van der Waals surface area contributed by atoms with E-state index >= 15 is 0 Å². The van der Waals surface area contributed by atoms with Crippen molar-refractivity contribution < 1.29 is 52.3 Å². The third-order valence-electron chi connectivity index (χ3n) is 15.1. The lowest BCUT2D eigenvalue weighted by Crippen LogP contribution is -2.63. The first-order valence-electron chi connectivity index (χ1n) is 27.6. The Morgan fingerprint density at radius 2 is 1.12 bits per heavy atom. The number of benzene rings is 5. The summed E-state index contributed by atoms with van der Waals surface area (Å²) < 4.78 is 45.1. The SMILES string of the molecule is CCn1c2ccccc2c2cc(-c3nc(-c4ccc(N5CCN(C)CC5)cc4)c(-c4ccc(N5CCN(C)CC5)cc4)n3-c3ccc(OCCCO[C@@H]4O[C@H](COC(C)=O)[C@H](OC(C)=O)[C@H](OC(C)=O)[C@H]4OC(C)=O)cc3)ccc21. The fourth-order valence-electron chi connectivity index (χ4n) is 11.1. The van der Waals surface area contributed by atoms with Crippen LogP contribution >= 0.6 is 0 Å². The van der Waals surface area contributed by atoms with Gasteiger partial charge in [0.05, 0.1) is 24.6 Å². The smallest absolute Gasteiger partial charge is 0.303 e. The van der Waals surface area contributed by atoms with Gasteiger partial charge in [0.15, 0.2) is 24.6 Å². The summed E-state index contributed by atoms with van der Waals surface area (Å²) in [4.78, 5) is 64.1.